The molecule has 2 rings (SSSR count). The third-order valence-corrected chi connectivity index (χ3v) is 4.17. The second kappa shape index (κ2) is 4.99. The van der Waals surface area contributed by atoms with Crippen molar-refractivity contribution in [2.24, 2.45) is 0 Å². The maximum Gasteiger partial charge on any atom is 0.261 e. The molecule has 0 radical (unpaired) electrons. The van der Waals surface area contributed by atoms with E-state index in [0.29, 0.717) is 15.8 Å². The second-order valence-corrected chi connectivity index (χ2v) is 6.25. The first-order valence-electron chi connectivity index (χ1n) is 5.12. The molecule has 94 valence electrons. The van der Waals surface area contributed by atoms with E-state index < -0.39 is 10.0 Å². The third-order valence-electron chi connectivity index (χ3n) is 2.31. The molecular formula is C12H11BrN2O2S. The van der Waals surface area contributed by atoms with E-state index in [4.69, 9.17) is 5.73 Å². The summed E-state index contributed by atoms with van der Waals surface area (Å²) in [5.74, 6) is 0. The third kappa shape index (κ3) is 2.83. The molecule has 2 aromatic carbocycles. The van der Waals surface area contributed by atoms with Crippen molar-refractivity contribution in [3.8, 4) is 0 Å². The zero-order chi connectivity index (χ0) is 13.2. The van der Waals surface area contributed by atoms with Gasteiger partial charge in [-0.05, 0) is 30.3 Å². The van der Waals surface area contributed by atoms with Crippen LogP contribution in [-0.2, 0) is 10.0 Å². The lowest BCUT2D eigenvalue weighted by molar-refractivity contribution is 0.601. The molecule has 0 spiro atoms. The van der Waals surface area contributed by atoms with Crippen molar-refractivity contribution in [3.05, 3.63) is 53.0 Å². The van der Waals surface area contributed by atoms with Gasteiger partial charge < -0.3 is 5.73 Å². The fourth-order valence-corrected chi connectivity index (χ4v) is 3.11. The van der Waals surface area contributed by atoms with Gasteiger partial charge in [-0.2, -0.15) is 0 Å². The summed E-state index contributed by atoms with van der Waals surface area (Å²) in [4.78, 5) is 0.181. The summed E-state index contributed by atoms with van der Waals surface area (Å²) in [6.45, 7) is 0. The highest BCUT2D eigenvalue weighted by atomic mass is 79.9. The van der Waals surface area contributed by atoms with Crippen LogP contribution in [0.15, 0.2) is 57.9 Å². The molecule has 0 atom stereocenters. The summed E-state index contributed by atoms with van der Waals surface area (Å²) in [7, 11) is -3.62. The van der Waals surface area contributed by atoms with Crippen molar-refractivity contribution in [2.45, 2.75) is 4.90 Å². The standard InChI is InChI=1S/C12H11BrN2O2S/c13-9-4-3-5-10(8-9)18(16,17)15-12-7-2-1-6-11(12)14/h1-8,15H,14H2. The Labute approximate surface area is 114 Å². The molecule has 0 bridgehead atoms. The van der Waals surface area contributed by atoms with Gasteiger partial charge in [0, 0.05) is 4.47 Å². The molecule has 0 unspecified atom stereocenters. The topological polar surface area (TPSA) is 72.2 Å². The number of rotatable bonds is 3. The highest BCUT2D eigenvalue weighted by Crippen LogP contribution is 2.23. The molecule has 0 saturated heterocycles. The van der Waals surface area contributed by atoms with E-state index in [0.717, 1.165) is 0 Å². The smallest absolute Gasteiger partial charge is 0.261 e. The highest BCUT2D eigenvalue weighted by molar-refractivity contribution is 9.10. The molecule has 4 nitrogen and oxygen atoms in total. The van der Waals surface area contributed by atoms with Gasteiger partial charge in [0.1, 0.15) is 0 Å². The van der Waals surface area contributed by atoms with Crippen LogP contribution < -0.4 is 10.5 Å². The van der Waals surface area contributed by atoms with E-state index in [1.54, 1.807) is 36.4 Å². The van der Waals surface area contributed by atoms with Gasteiger partial charge in [0.15, 0.2) is 0 Å². The summed E-state index contributed by atoms with van der Waals surface area (Å²) >= 11 is 3.24. The number of benzene rings is 2. The summed E-state index contributed by atoms with van der Waals surface area (Å²) in [5, 5.41) is 0. The molecular weight excluding hydrogens is 316 g/mol. The summed E-state index contributed by atoms with van der Waals surface area (Å²) in [6, 6.07) is 13.2. The first kappa shape index (κ1) is 12.9. The fourth-order valence-electron chi connectivity index (χ4n) is 1.43. The molecule has 18 heavy (non-hydrogen) atoms. The molecule has 2 aromatic rings. The molecule has 0 saturated carbocycles. The van der Waals surface area contributed by atoms with Crippen LogP contribution >= 0.6 is 15.9 Å². The van der Waals surface area contributed by atoms with Gasteiger partial charge in [0.05, 0.1) is 16.3 Å². The van der Waals surface area contributed by atoms with Crippen molar-refractivity contribution >= 4 is 37.3 Å². The summed E-state index contributed by atoms with van der Waals surface area (Å²) in [5.41, 5.74) is 6.46. The molecule has 0 fully saturated rings. The lowest BCUT2D eigenvalue weighted by atomic mass is 10.3. The maximum atomic E-state index is 12.1. The van der Waals surface area contributed by atoms with Crippen molar-refractivity contribution in [1.29, 1.82) is 0 Å². The Bertz CT molecular complexity index is 671. The minimum absolute atomic E-state index is 0.181. The first-order chi connectivity index (χ1) is 8.49. The van der Waals surface area contributed by atoms with Gasteiger partial charge in [0.2, 0.25) is 0 Å². The van der Waals surface area contributed by atoms with Gasteiger partial charge in [0.25, 0.3) is 10.0 Å². The zero-order valence-corrected chi connectivity index (χ0v) is 11.7. The fraction of sp³-hybridized carbons (Fsp3) is 0. The van der Waals surface area contributed by atoms with Gasteiger partial charge in [-0.1, -0.05) is 34.1 Å². The van der Waals surface area contributed by atoms with Crippen LogP contribution in [0.1, 0.15) is 0 Å². The Morgan fingerprint density at radius 2 is 1.78 bits per heavy atom. The Morgan fingerprint density at radius 3 is 2.44 bits per heavy atom. The predicted molar refractivity (Wildman–Crippen MR) is 75.8 cm³/mol. The predicted octanol–water partition coefficient (Wildman–Crippen LogP) is 2.83. The van der Waals surface area contributed by atoms with Gasteiger partial charge in [-0.25, -0.2) is 8.42 Å². The molecule has 0 aliphatic carbocycles. The van der Waals surface area contributed by atoms with Crippen LogP contribution in [0.2, 0.25) is 0 Å². The quantitative estimate of drug-likeness (QED) is 0.852. The number of hydrogen-bond acceptors (Lipinski definition) is 3. The van der Waals surface area contributed by atoms with Crippen molar-refractivity contribution in [1.82, 2.24) is 0 Å². The Balaban J connectivity index is 2.37. The maximum absolute atomic E-state index is 12.1. The largest absolute Gasteiger partial charge is 0.397 e. The van der Waals surface area contributed by atoms with Crippen LogP contribution in [0.5, 0.6) is 0 Å². The molecule has 3 N–H and O–H groups in total. The van der Waals surface area contributed by atoms with E-state index in [-0.39, 0.29) is 4.90 Å². The van der Waals surface area contributed by atoms with E-state index in [2.05, 4.69) is 20.7 Å². The van der Waals surface area contributed by atoms with E-state index in [1.165, 1.54) is 12.1 Å². The van der Waals surface area contributed by atoms with Crippen molar-refractivity contribution in [3.63, 3.8) is 0 Å². The molecule has 0 heterocycles. The number of para-hydroxylation sites is 2. The van der Waals surface area contributed by atoms with Crippen molar-refractivity contribution in [2.75, 3.05) is 10.5 Å². The molecule has 6 heteroatoms. The van der Waals surface area contributed by atoms with Crippen LogP contribution in [0.3, 0.4) is 0 Å². The van der Waals surface area contributed by atoms with Crippen LogP contribution in [0.25, 0.3) is 0 Å². The number of hydrogen-bond donors (Lipinski definition) is 2. The Hall–Kier alpha value is -1.53. The number of anilines is 2. The number of halogens is 1. The Morgan fingerprint density at radius 1 is 1.06 bits per heavy atom. The molecule has 0 amide bonds. The zero-order valence-electron chi connectivity index (χ0n) is 9.30. The monoisotopic (exact) mass is 326 g/mol. The molecule has 0 aromatic heterocycles. The normalized spacial score (nSPS) is 11.2. The van der Waals surface area contributed by atoms with Gasteiger partial charge in [-0.15, -0.1) is 0 Å². The number of nitrogens with one attached hydrogen (secondary N) is 1. The minimum Gasteiger partial charge on any atom is -0.397 e. The minimum atomic E-state index is -3.62. The lowest BCUT2D eigenvalue weighted by Crippen LogP contribution is -2.14. The number of nitrogens with two attached hydrogens (primary N) is 1. The average molecular weight is 327 g/mol. The Kier molecular flexibility index (Phi) is 3.58. The van der Waals surface area contributed by atoms with Gasteiger partial charge >= 0.3 is 0 Å². The number of sulfonamides is 1. The van der Waals surface area contributed by atoms with E-state index in [1.807, 2.05) is 0 Å². The second-order valence-electron chi connectivity index (χ2n) is 3.65. The molecule has 0 aliphatic heterocycles. The van der Waals surface area contributed by atoms with Crippen LogP contribution in [0.4, 0.5) is 11.4 Å². The van der Waals surface area contributed by atoms with Gasteiger partial charge in [-0.3, -0.25) is 4.72 Å². The summed E-state index contributed by atoms with van der Waals surface area (Å²) < 4.78 is 27.4. The highest BCUT2D eigenvalue weighted by Gasteiger charge is 2.15. The average Bonchev–Trinajstić information content (AvgIpc) is 2.32. The van der Waals surface area contributed by atoms with E-state index in [9.17, 15) is 8.42 Å². The van der Waals surface area contributed by atoms with Crippen LogP contribution in [-0.4, -0.2) is 8.42 Å². The summed E-state index contributed by atoms with van der Waals surface area (Å²) in [6.07, 6.45) is 0. The molecule has 0 aliphatic rings. The van der Waals surface area contributed by atoms with Crippen molar-refractivity contribution < 1.29 is 8.42 Å². The van der Waals surface area contributed by atoms with Crippen LogP contribution in [0, 0.1) is 0 Å². The number of nitrogen functional groups attached to an aromatic ring is 1. The first-order valence-corrected chi connectivity index (χ1v) is 7.39. The SMILES string of the molecule is Nc1ccccc1NS(=O)(=O)c1cccc(Br)c1. The lowest BCUT2D eigenvalue weighted by Gasteiger charge is -2.10. The van der Waals surface area contributed by atoms with E-state index >= 15 is 0 Å².